The fourth-order valence-electron chi connectivity index (χ4n) is 1.17. The maximum atomic E-state index is 12.6. The molecule has 0 heterocycles. The van der Waals surface area contributed by atoms with E-state index in [4.69, 9.17) is 0 Å². The molecule has 0 unspecified atom stereocenters. The lowest BCUT2D eigenvalue weighted by atomic mass is 10.0. The molecule has 0 aromatic heterocycles. The second kappa shape index (κ2) is 5.61. The van der Waals surface area contributed by atoms with E-state index < -0.39 is 6.67 Å². The molecular formula is C10H9Br2FO. The molecule has 0 aliphatic heterocycles. The number of hydrogen-bond acceptors (Lipinski definition) is 1. The van der Waals surface area contributed by atoms with Crippen LogP contribution in [0.15, 0.2) is 22.7 Å². The van der Waals surface area contributed by atoms with Gasteiger partial charge in [0.1, 0.15) is 12.5 Å². The Labute approximate surface area is 99.0 Å². The van der Waals surface area contributed by atoms with Gasteiger partial charge in [0.05, 0.1) is 5.33 Å². The highest BCUT2D eigenvalue weighted by Crippen LogP contribution is 2.22. The number of rotatable bonds is 4. The Kier molecular flexibility index (Phi) is 4.75. The second-order valence-electron chi connectivity index (χ2n) is 2.86. The summed E-state index contributed by atoms with van der Waals surface area (Å²) in [5.41, 5.74) is 1.33. The zero-order chi connectivity index (χ0) is 10.6. The van der Waals surface area contributed by atoms with Crippen molar-refractivity contribution in [2.75, 3.05) is 5.33 Å². The van der Waals surface area contributed by atoms with Crippen LogP contribution in [0.5, 0.6) is 0 Å². The third-order valence-electron chi connectivity index (χ3n) is 1.88. The molecule has 14 heavy (non-hydrogen) atoms. The lowest BCUT2D eigenvalue weighted by Gasteiger charge is -2.07. The molecule has 0 saturated heterocycles. The molecule has 0 atom stereocenters. The Balaban J connectivity index is 2.98. The van der Waals surface area contributed by atoms with Gasteiger partial charge < -0.3 is 0 Å². The molecule has 0 radical (unpaired) electrons. The van der Waals surface area contributed by atoms with Crippen molar-refractivity contribution in [3.05, 3.63) is 33.8 Å². The molecule has 1 aromatic rings. The molecule has 0 saturated carbocycles. The van der Waals surface area contributed by atoms with Crippen molar-refractivity contribution in [3.8, 4) is 0 Å². The number of ketones is 1. The van der Waals surface area contributed by atoms with Crippen LogP contribution in [0.2, 0.25) is 0 Å². The van der Waals surface area contributed by atoms with Crippen molar-refractivity contribution in [1.29, 1.82) is 0 Å². The van der Waals surface area contributed by atoms with E-state index in [2.05, 4.69) is 31.9 Å². The molecule has 0 fully saturated rings. The average molecular weight is 324 g/mol. The van der Waals surface area contributed by atoms with Gasteiger partial charge in [-0.3, -0.25) is 4.79 Å². The van der Waals surface area contributed by atoms with E-state index in [9.17, 15) is 9.18 Å². The zero-order valence-corrected chi connectivity index (χ0v) is 10.6. The van der Waals surface area contributed by atoms with Crippen molar-refractivity contribution in [2.45, 2.75) is 13.1 Å². The number of alkyl halides is 2. The summed E-state index contributed by atoms with van der Waals surface area (Å²) in [5, 5.41) is 0.306. The lowest BCUT2D eigenvalue weighted by Crippen LogP contribution is -2.06. The SMILES string of the molecule is O=C(CBr)Cc1c(Br)cccc1CF. The Bertz CT molecular complexity index is 339. The Morgan fingerprint density at radius 2 is 2.14 bits per heavy atom. The van der Waals surface area contributed by atoms with Crippen LogP contribution in [0.4, 0.5) is 4.39 Å². The van der Waals surface area contributed by atoms with E-state index in [0.717, 1.165) is 10.0 Å². The summed E-state index contributed by atoms with van der Waals surface area (Å²) >= 11 is 6.40. The first kappa shape index (κ1) is 11.9. The summed E-state index contributed by atoms with van der Waals surface area (Å²) in [6.07, 6.45) is 0.270. The minimum atomic E-state index is -0.537. The Morgan fingerprint density at radius 1 is 1.43 bits per heavy atom. The van der Waals surface area contributed by atoms with E-state index in [1.807, 2.05) is 6.07 Å². The first-order valence-electron chi connectivity index (χ1n) is 4.09. The molecule has 1 nitrogen and oxygen atoms in total. The van der Waals surface area contributed by atoms with Crippen LogP contribution in [-0.2, 0) is 17.9 Å². The van der Waals surface area contributed by atoms with Crippen LogP contribution in [-0.4, -0.2) is 11.1 Å². The molecule has 0 bridgehead atoms. The van der Waals surface area contributed by atoms with Crippen molar-refractivity contribution in [2.24, 2.45) is 0 Å². The summed E-state index contributed by atoms with van der Waals surface area (Å²) in [6.45, 7) is -0.537. The predicted octanol–water partition coefficient (Wildman–Crippen LogP) is 3.43. The van der Waals surface area contributed by atoms with E-state index in [1.54, 1.807) is 12.1 Å². The van der Waals surface area contributed by atoms with Crippen molar-refractivity contribution in [3.63, 3.8) is 0 Å². The average Bonchev–Trinajstić information content (AvgIpc) is 2.20. The van der Waals surface area contributed by atoms with Crippen molar-refractivity contribution in [1.82, 2.24) is 0 Å². The van der Waals surface area contributed by atoms with Crippen LogP contribution in [0, 0.1) is 0 Å². The number of carbonyl (C=O) groups excluding carboxylic acids is 1. The number of benzene rings is 1. The number of hydrogen-bond donors (Lipinski definition) is 0. The van der Waals surface area contributed by atoms with Crippen LogP contribution in [0.25, 0.3) is 0 Å². The molecule has 1 rings (SSSR count). The van der Waals surface area contributed by atoms with E-state index >= 15 is 0 Å². The molecule has 4 heteroatoms. The molecule has 0 amide bonds. The molecule has 0 spiro atoms. The Morgan fingerprint density at radius 3 is 2.71 bits per heavy atom. The predicted molar refractivity (Wildman–Crippen MR) is 61.5 cm³/mol. The smallest absolute Gasteiger partial charge is 0.147 e. The topological polar surface area (TPSA) is 17.1 Å². The summed E-state index contributed by atoms with van der Waals surface area (Å²) in [5.74, 6) is 0.0478. The number of Topliss-reactive ketones (excluding diaryl/α,β-unsaturated/α-hetero) is 1. The van der Waals surface area contributed by atoms with Gasteiger partial charge in [-0.15, -0.1) is 0 Å². The van der Waals surface area contributed by atoms with Crippen LogP contribution in [0.1, 0.15) is 11.1 Å². The van der Waals surface area contributed by atoms with Gasteiger partial charge in [-0.05, 0) is 17.2 Å². The largest absolute Gasteiger partial charge is 0.298 e. The number of carbonyl (C=O) groups is 1. The van der Waals surface area contributed by atoms with Gasteiger partial charge in [0.25, 0.3) is 0 Å². The monoisotopic (exact) mass is 322 g/mol. The maximum Gasteiger partial charge on any atom is 0.147 e. The van der Waals surface area contributed by atoms with Gasteiger partial charge in [-0.2, -0.15) is 0 Å². The molecule has 0 aliphatic carbocycles. The summed E-state index contributed by atoms with van der Waals surface area (Å²) in [6, 6.07) is 5.28. The summed E-state index contributed by atoms with van der Waals surface area (Å²) in [7, 11) is 0. The van der Waals surface area contributed by atoms with E-state index in [1.165, 1.54) is 0 Å². The lowest BCUT2D eigenvalue weighted by molar-refractivity contribution is -0.115. The van der Waals surface area contributed by atoms with E-state index in [0.29, 0.717) is 10.9 Å². The van der Waals surface area contributed by atoms with Gasteiger partial charge in [0, 0.05) is 10.9 Å². The number of halogens is 3. The highest BCUT2D eigenvalue weighted by molar-refractivity contribution is 9.10. The van der Waals surface area contributed by atoms with Gasteiger partial charge in [0.2, 0.25) is 0 Å². The summed E-state index contributed by atoms with van der Waals surface area (Å²) < 4.78 is 13.4. The van der Waals surface area contributed by atoms with Gasteiger partial charge in [-0.1, -0.05) is 44.0 Å². The second-order valence-corrected chi connectivity index (χ2v) is 4.28. The standard InChI is InChI=1S/C10H9Br2FO/c11-5-8(14)4-9-7(6-13)2-1-3-10(9)12/h1-3H,4-6H2. The highest BCUT2D eigenvalue weighted by Gasteiger charge is 2.10. The van der Waals surface area contributed by atoms with E-state index in [-0.39, 0.29) is 12.2 Å². The zero-order valence-electron chi connectivity index (χ0n) is 7.40. The highest BCUT2D eigenvalue weighted by atomic mass is 79.9. The van der Waals surface area contributed by atoms with Crippen LogP contribution >= 0.6 is 31.9 Å². The van der Waals surface area contributed by atoms with Crippen molar-refractivity contribution < 1.29 is 9.18 Å². The summed E-state index contributed by atoms with van der Waals surface area (Å²) in [4.78, 5) is 11.2. The van der Waals surface area contributed by atoms with Gasteiger partial charge >= 0.3 is 0 Å². The minimum Gasteiger partial charge on any atom is -0.298 e. The molecular weight excluding hydrogens is 315 g/mol. The van der Waals surface area contributed by atoms with Gasteiger partial charge in [0.15, 0.2) is 0 Å². The first-order chi connectivity index (χ1) is 6.69. The molecule has 76 valence electrons. The molecule has 1 aromatic carbocycles. The van der Waals surface area contributed by atoms with Crippen LogP contribution in [0.3, 0.4) is 0 Å². The third kappa shape index (κ3) is 2.89. The molecule has 0 aliphatic rings. The van der Waals surface area contributed by atoms with Crippen molar-refractivity contribution >= 4 is 37.6 Å². The van der Waals surface area contributed by atoms with Crippen LogP contribution < -0.4 is 0 Å². The third-order valence-corrected chi connectivity index (χ3v) is 3.25. The van der Waals surface area contributed by atoms with Gasteiger partial charge in [-0.25, -0.2) is 4.39 Å². The fourth-order valence-corrected chi connectivity index (χ4v) is 1.92. The normalized spacial score (nSPS) is 10.2. The first-order valence-corrected chi connectivity index (χ1v) is 6.00. The Hall–Kier alpha value is -0.220. The minimum absolute atomic E-state index is 0.0478. The fraction of sp³-hybridized carbons (Fsp3) is 0.300. The maximum absolute atomic E-state index is 12.6. The molecule has 0 N–H and O–H groups in total. The quantitative estimate of drug-likeness (QED) is 0.776.